The van der Waals surface area contributed by atoms with Crippen molar-refractivity contribution in [3.63, 3.8) is 0 Å². The number of halogens is 3. The number of piperidine rings is 2. The van der Waals surface area contributed by atoms with Crippen molar-refractivity contribution >= 4 is 0 Å². The molecule has 3 rings (SSSR count). The number of hydrogen-bond donors (Lipinski definition) is 2. The van der Waals surface area contributed by atoms with Gasteiger partial charge >= 0.3 is 6.18 Å². The summed E-state index contributed by atoms with van der Waals surface area (Å²) in [6.45, 7) is 6.74. The van der Waals surface area contributed by atoms with Crippen molar-refractivity contribution in [2.45, 2.75) is 51.2 Å². The maximum atomic E-state index is 12.1. The number of nitrogens with one attached hydrogen (secondary N) is 1. The molecule has 26 heavy (non-hydrogen) atoms. The zero-order valence-electron chi connectivity index (χ0n) is 15.5. The molecule has 2 aliphatic rings. The number of benzene rings is 1. The molecule has 3 N–H and O–H groups in total. The molecular formula is C20H32F3N3. The third-order valence-corrected chi connectivity index (χ3v) is 5.25. The second-order valence-corrected chi connectivity index (χ2v) is 7.29. The van der Waals surface area contributed by atoms with Crippen molar-refractivity contribution in [1.82, 2.24) is 10.2 Å². The summed E-state index contributed by atoms with van der Waals surface area (Å²) in [4.78, 5) is 2.67. The first-order chi connectivity index (χ1) is 12.5. The van der Waals surface area contributed by atoms with Crippen LogP contribution in [0.15, 0.2) is 24.3 Å². The SMILES string of the molecule is C1CCN(CCC2CCNCC2)CC1.NCc1cccc(C(F)(F)F)c1. The quantitative estimate of drug-likeness (QED) is 0.840. The Bertz CT molecular complexity index is 489. The lowest BCUT2D eigenvalue weighted by Gasteiger charge is -2.29. The average molecular weight is 371 g/mol. The van der Waals surface area contributed by atoms with E-state index in [0.29, 0.717) is 5.56 Å². The van der Waals surface area contributed by atoms with Gasteiger partial charge in [-0.2, -0.15) is 13.2 Å². The molecule has 0 aromatic heterocycles. The Balaban J connectivity index is 0.000000190. The van der Waals surface area contributed by atoms with Crippen LogP contribution in [0.25, 0.3) is 0 Å². The minimum absolute atomic E-state index is 0.129. The first-order valence-corrected chi connectivity index (χ1v) is 9.78. The van der Waals surface area contributed by atoms with E-state index < -0.39 is 11.7 Å². The highest BCUT2D eigenvalue weighted by molar-refractivity contribution is 5.25. The fraction of sp³-hybridized carbons (Fsp3) is 0.700. The molecule has 2 heterocycles. The minimum Gasteiger partial charge on any atom is -0.326 e. The summed E-state index contributed by atoms with van der Waals surface area (Å²) in [5.41, 5.74) is 5.04. The van der Waals surface area contributed by atoms with Crippen LogP contribution in [0.5, 0.6) is 0 Å². The van der Waals surface area contributed by atoms with Crippen LogP contribution in [0.3, 0.4) is 0 Å². The van der Waals surface area contributed by atoms with Gasteiger partial charge in [-0.3, -0.25) is 0 Å². The minimum atomic E-state index is -4.27. The Labute approximate surface area is 155 Å². The van der Waals surface area contributed by atoms with Crippen molar-refractivity contribution in [1.29, 1.82) is 0 Å². The van der Waals surface area contributed by atoms with Crippen molar-refractivity contribution in [2.24, 2.45) is 11.7 Å². The molecule has 1 aromatic rings. The van der Waals surface area contributed by atoms with Crippen molar-refractivity contribution in [2.75, 3.05) is 32.7 Å². The molecule has 3 nitrogen and oxygen atoms in total. The molecule has 0 spiro atoms. The molecule has 0 aliphatic carbocycles. The summed E-state index contributed by atoms with van der Waals surface area (Å²) in [6, 6.07) is 5.00. The lowest BCUT2D eigenvalue weighted by Crippen LogP contribution is -2.34. The Hall–Kier alpha value is -1.11. The molecule has 1 aromatic carbocycles. The molecule has 0 radical (unpaired) electrons. The van der Waals surface area contributed by atoms with Gasteiger partial charge in [-0.15, -0.1) is 0 Å². The Morgan fingerprint density at radius 3 is 2.38 bits per heavy atom. The van der Waals surface area contributed by atoms with Gasteiger partial charge in [0.15, 0.2) is 0 Å². The van der Waals surface area contributed by atoms with Gasteiger partial charge < -0.3 is 16.0 Å². The van der Waals surface area contributed by atoms with E-state index in [1.165, 1.54) is 77.3 Å². The zero-order chi connectivity index (χ0) is 18.8. The van der Waals surface area contributed by atoms with Crippen LogP contribution < -0.4 is 11.1 Å². The van der Waals surface area contributed by atoms with Crippen molar-refractivity contribution < 1.29 is 13.2 Å². The summed E-state index contributed by atoms with van der Waals surface area (Å²) in [5.74, 6) is 1.01. The van der Waals surface area contributed by atoms with Gasteiger partial charge in [0, 0.05) is 6.54 Å². The number of rotatable bonds is 4. The summed E-state index contributed by atoms with van der Waals surface area (Å²) >= 11 is 0. The zero-order valence-corrected chi connectivity index (χ0v) is 15.5. The molecule has 0 saturated carbocycles. The Morgan fingerprint density at radius 2 is 1.77 bits per heavy atom. The number of likely N-dealkylation sites (tertiary alicyclic amines) is 1. The van der Waals surface area contributed by atoms with E-state index in [0.717, 1.165) is 18.1 Å². The third-order valence-electron chi connectivity index (χ3n) is 5.25. The molecule has 6 heteroatoms. The third kappa shape index (κ3) is 7.64. The van der Waals surface area contributed by atoms with Crippen LogP contribution in [0.4, 0.5) is 13.2 Å². The highest BCUT2D eigenvalue weighted by atomic mass is 19.4. The highest BCUT2D eigenvalue weighted by Gasteiger charge is 2.30. The first kappa shape index (κ1) is 21.2. The van der Waals surface area contributed by atoms with Crippen molar-refractivity contribution in [3.8, 4) is 0 Å². The van der Waals surface area contributed by atoms with Gasteiger partial charge in [0.2, 0.25) is 0 Å². The number of nitrogens with zero attached hydrogens (tertiary/aromatic N) is 1. The molecule has 2 aliphatic heterocycles. The average Bonchev–Trinajstić information content (AvgIpc) is 2.68. The number of hydrogen-bond acceptors (Lipinski definition) is 3. The lowest BCUT2D eigenvalue weighted by atomic mass is 9.94. The van der Waals surface area contributed by atoms with Crippen LogP contribution in [-0.4, -0.2) is 37.6 Å². The fourth-order valence-corrected chi connectivity index (χ4v) is 3.59. The monoisotopic (exact) mass is 371 g/mol. The molecule has 0 unspecified atom stereocenters. The Kier molecular flexibility index (Phi) is 8.88. The molecule has 0 bridgehead atoms. The van der Waals surface area contributed by atoms with Crippen molar-refractivity contribution in [3.05, 3.63) is 35.4 Å². The summed E-state index contributed by atoms with van der Waals surface area (Å²) in [5, 5.41) is 3.44. The topological polar surface area (TPSA) is 41.3 Å². The lowest BCUT2D eigenvalue weighted by molar-refractivity contribution is -0.137. The van der Waals surface area contributed by atoms with E-state index in [4.69, 9.17) is 5.73 Å². The van der Waals surface area contributed by atoms with Crippen LogP contribution in [-0.2, 0) is 12.7 Å². The van der Waals surface area contributed by atoms with Gasteiger partial charge in [0.1, 0.15) is 0 Å². The van der Waals surface area contributed by atoms with Gasteiger partial charge in [-0.25, -0.2) is 0 Å². The largest absolute Gasteiger partial charge is 0.416 e. The first-order valence-electron chi connectivity index (χ1n) is 9.78. The molecule has 0 amide bonds. The molecule has 2 fully saturated rings. The predicted octanol–water partition coefficient (Wildman–Crippen LogP) is 4.03. The number of alkyl halides is 3. The standard InChI is InChI=1S/C12H24N2.C8H8F3N/c1-2-9-14(10-3-1)11-6-12-4-7-13-8-5-12;9-8(10,11)7-3-1-2-6(4-7)5-12/h12-13H,1-11H2;1-4H,5,12H2. The normalized spacial score (nSPS) is 19.7. The number of nitrogens with two attached hydrogens (primary N) is 1. The smallest absolute Gasteiger partial charge is 0.326 e. The van der Waals surface area contributed by atoms with E-state index in [1.807, 2.05) is 0 Å². The molecular weight excluding hydrogens is 339 g/mol. The molecule has 148 valence electrons. The fourth-order valence-electron chi connectivity index (χ4n) is 3.59. The van der Waals surface area contributed by atoms with Crippen LogP contribution >= 0.6 is 0 Å². The Morgan fingerprint density at radius 1 is 1.08 bits per heavy atom. The van der Waals surface area contributed by atoms with E-state index >= 15 is 0 Å². The molecule has 0 atom stereocenters. The second-order valence-electron chi connectivity index (χ2n) is 7.29. The maximum absolute atomic E-state index is 12.1. The van der Waals surface area contributed by atoms with Gasteiger partial charge in [-0.1, -0.05) is 24.6 Å². The highest BCUT2D eigenvalue weighted by Crippen LogP contribution is 2.29. The van der Waals surface area contributed by atoms with Gasteiger partial charge in [0.05, 0.1) is 5.56 Å². The van der Waals surface area contributed by atoms with E-state index in [-0.39, 0.29) is 6.54 Å². The predicted molar refractivity (Wildman–Crippen MR) is 99.8 cm³/mol. The summed E-state index contributed by atoms with van der Waals surface area (Å²) in [7, 11) is 0. The van der Waals surface area contributed by atoms with Crippen LogP contribution in [0.2, 0.25) is 0 Å². The van der Waals surface area contributed by atoms with Gasteiger partial charge in [0.25, 0.3) is 0 Å². The second kappa shape index (κ2) is 10.9. The van der Waals surface area contributed by atoms with E-state index in [9.17, 15) is 13.2 Å². The van der Waals surface area contributed by atoms with E-state index in [1.54, 1.807) is 6.07 Å². The molecule has 2 saturated heterocycles. The summed E-state index contributed by atoms with van der Waals surface area (Å²) < 4.78 is 36.2. The van der Waals surface area contributed by atoms with Gasteiger partial charge in [-0.05, 0) is 82.4 Å². The van der Waals surface area contributed by atoms with Crippen LogP contribution in [0.1, 0.15) is 49.7 Å². The maximum Gasteiger partial charge on any atom is 0.416 e. The van der Waals surface area contributed by atoms with E-state index in [2.05, 4.69) is 10.2 Å². The summed E-state index contributed by atoms with van der Waals surface area (Å²) in [6.07, 6.45) is 4.33. The van der Waals surface area contributed by atoms with Crippen LogP contribution in [0, 0.1) is 5.92 Å².